The fraction of sp³-hybridized carbons (Fsp3) is 0.533. The lowest BCUT2D eigenvalue weighted by atomic mass is 10.2. The van der Waals surface area contributed by atoms with Crippen LogP contribution >= 0.6 is 11.6 Å². The molecule has 1 aliphatic rings. The minimum absolute atomic E-state index is 0.143. The van der Waals surface area contributed by atoms with Crippen LogP contribution in [0.5, 0.6) is 5.75 Å². The number of benzene rings is 1. The van der Waals surface area contributed by atoms with Gasteiger partial charge in [0, 0.05) is 25.9 Å². The number of nitrogens with one attached hydrogen (secondary N) is 1. The maximum Gasteiger partial charge on any atom is 0.321 e. The number of anilines is 1. The van der Waals surface area contributed by atoms with Crippen molar-refractivity contribution < 1.29 is 14.3 Å². The van der Waals surface area contributed by atoms with Gasteiger partial charge in [-0.1, -0.05) is 11.6 Å². The Kier molecular flexibility index (Phi) is 5.70. The van der Waals surface area contributed by atoms with Crippen molar-refractivity contribution in [1.82, 2.24) is 4.90 Å². The predicted molar refractivity (Wildman–Crippen MR) is 83.2 cm³/mol. The number of carbonyl (C=O) groups excluding carboxylic acids is 1. The number of hydrogen-bond acceptors (Lipinski definition) is 3. The Morgan fingerprint density at radius 2 is 2.38 bits per heavy atom. The molecule has 1 saturated heterocycles. The number of urea groups is 1. The quantitative estimate of drug-likeness (QED) is 0.906. The zero-order valence-electron chi connectivity index (χ0n) is 12.4. The van der Waals surface area contributed by atoms with Crippen molar-refractivity contribution in [2.75, 3.05) is 32.1 Å². The van der Waals surface area contributed by atoms with Gasteiger partial charge >= 0.3 is 6.03 Å². The topological polar surface area (TPSA) is 50.8 Å². The molecule has 1 fully saturated rings. The van der Waals surface area contributed by atoms with Gasteiger partial charge in [-0.25, -0.2) is 4.79 Å². The largest absolute Gasteiger partial charge is 0.492 e. The summed E-state index contributed by atoms with van der Waals surface area (Å²) in [4.78, 5) is 13.7. The first kappa shape index (κ1) is 15.9. The fourth-order valence-corrected chi connectivity index (χ4v) is 2.48. The molecule has 116 valence electrons. The number of rotatable bonds is 5. The van der Waals surface area contributed by atoms with E-state index in [1.807, 2.05) is 6.92 Å². The summed E-state index contributed by atoms with van der Waals surface area (Å²) in [7, 11) is 1.76. The molecule has 2 rings (SSSR count). The van der Waals surface area contributed by atoms with Crippen LogP contribution in [0.1, 0.15) is 19.8 Å². The highest BCUT2D eigenvalue weighted by Crippen LogP contribution is 2.27. The van der Waals surface area contributed by atoms with Crippen molar-refractivity contribution in [3.63, 3.8) is 0 Å². The first-order chi connectivity index (χ1) is 10.1. The average molecular weight is 313 g/mol. The number of halogens is 1. The third-order valence-electron chi connectivity index (χ3n) is 3.33. The molecule has 1 atom stereocenters. The van der Waals surface area contributed by atoms with Crippen LogP contribution in [0.4, 0.5) is 10.5 Å². The van der Waals surface area contributed by atoms with E-state index in [-0.39, 0.29) is 12.1 Å². The Morgan fingerprint density at radius 1 is 1.57 bits per heavy atom. The van der Waals surface area contributed by atoms with Crippen LogP contribution in [0.15, 0.2) is 18.2 Å². The molecule has 0 aromatic heterocycles. The van der Waals surface area contributed by atoms with E-state index in [1.54, 1.807) is 30.1 Å². The SMILES string of the molecule is CCOc1ccc(NC(=O)N(C)C[C@@H]2CCCO2)cc1Cl. The van der Waals surface area contributed by atoms with Crippen molar-refractivity contribution in [2.24, 2.45) is 0 Å². The van der Waals surface area contributed by atoms with Crippen molar-refractivity contribution in [3.05, 3.63) is 23.2 Å². The van der Waals surface area contributed by atoms with Crippen molar-refractivity contribution in [2.45, 2.75) is 25.9 Å². The molecule has 0 radical (unpaired) electrons. The molecule has 1 aromatic rings. The Balaban J connectivity index is 1.90. The second kappa shape index (κ2) is 7.52. The van der Waals surface area contributed by atoms with E-state index >= 15 is 0 Å². The van der Waals surface area contributed by atoms with E-state index in [0.29, 0.717) is 29.6 Å². The van der Waals surface area contributed by atoms with Gasteiger partial charge in [0.25, 0.3) is 0 Å². The van der Waals surface area contributed by atoms with Gasteiger partial charge in [0.05, 0.1) is 17.7 Å². The van der Waals surface area contributed by atoms with Crippen molar-refractivity contribution >= 4 is 23.3 Å². The monoisotopic (exact) mass is 312 g/mol. The van der Waals surface area contributed by atoms with Gasteiger partial charge in [-0.3, -0.25) is 0 Å². The molecule has 21 heavy (non-hydrogen) atoms. The number of likely N-dealkylation sites (N-methyl/N-ethyl adjacent to an activating group) is 1. The van der Waals surface area contributed by atoms with Crippen molar-refractivity contribution in [1.29, 1.82) is 0 Å². The second-order valence-electron chi connectivity index (χ2n) is 5.02. The maximum absolute atomic E-state index is 12.1. The molecule has 0 aliphatic carbocycles. The fourth-order valence-electron chi connectivity index (χ4n) is 2.25. The van der Waals surface area contributed by atoms with Gasteiger partial charge in [-0.2, -0.15) is 0 Å². The molecule has 5 nitrogen and oxygen atoms in total. The van der Waals surface area contributed by atoms with E-state index in [2.05, 4.69) is 5.32 Å². The number of hydrogen-bond donors (Lipinski definition) is 1. The normalized spacial score (nSPS) is 17.6. The van der Waals surface area contributed by atoms with Crippen LogP contribution in [0.3, 0.4) is 0 Å². The zero-order valence-corrected chi connectivity index (χ0v) is 13.2. The molecule has 1 aliphatic heterocycles. The maximum atomic E-state index is 12.1. The number of carbonyl (C=O) groups is 1. The predicted octanol–water partition coefficient (Wildman–Crippen LogP) is 3.38. The summed E-state index contributed by atoms with van der Waals surface area (Å²) in [6.45, 7) is 3.83. The molecule has 2 amide bonds. The summed E-state index contributed by atoms with van der Waals surface area (Å²) in [5.41, 5.74) is 0.646. The van der Waals surface area contributed by atoms with Gasteiger partial charge in [-0.15, -0.1) is 0 Å². The first-order valence-electron chi connectivity index (χ1n) is 7.16. The summed E-state index contributed by atoms with van der Waals surface area (Å²) in [5.74, 6) is 0.616. The van der Waals surface area contributed by atoms with Crippen molar-refractivity contribution in [3.8, 4) is 5.75 Å². The molecule has 1 aromatic carbocycles. The van der Waals surface area contributed by atoms with Gasteiger partial charge in [0.15, 0.2) is 0 Å². The van der Waals surface area contributed by atoms with Gasteiger partial charge in [0.1, 0.15) is 5.75 Å². The summed E-state index contributed by atoms with van der Waals surface area (Å²) < 4.78 is 10.9. The van der Waals surface area contributed by atoms with Gasteiger partial charge < -0.3 is 19.7 Å². The molecule has 6 heteroatoms. The Morgan fingerprint density at radius 3 is 3.00 bits per heavy atom. The average Bonchev–Trinajstić information content (AvgIpc) is 2.95. The molecular weight excluding hydrogens is 292 g/mol. The van der Waals surface area contributed by atoms with Gasteiger partial charge in [0.2, 0.25) is 0 Å². The number of amides is 2. The van der Waals surface area contributed by atoms with E-state index < -0.39 is 0 Å². The number of nitrogens with zero attached hydrogens (tertiary/aromatic N) is 1. The molecular formula is C15H21ClN2O3. The standard InChI is InChI=1S/C15H21ClN2O3/c1-3-20-14-7-6-11(9-13(14)16)17-15(19)18(2)10-12-5-4-8-21-12/h6-7,9,12H,3-5,8,10H2,1-2H3,(H,17,19)/t12-/m0/s1. The lowest BCUT2D eigenvalue weighted by Gasteiger charge is -2.21. The summed E-state index contributed by atoms with van der Waals surface area (Å²) in [6, 6.07) is 5.03. The molecule has 0 unspecified atom stereocenters. The summed E-state index contributed by atoms with van der Waals surface area (Å²) in [6.07, 6.45) is 2.21. The molecule has 0 spiro atoms. The Bertz CT molecular complexity index is 490. The van der Waals surface area contributed by atoms with Crippen LogP contribution in [-0.4, -0.2) is 43.8 Å². The lowest BCUT2D eigenvalue weighted by Crippen LogP contribution is -2.37. The Hall–Kier alpha value is -1.46. The van der Waals surface area contributed by atoms with E-state index in [9.17, 15) is 4.79 Å². The third-order valence-corrected chi connectivity index (χ3v) is 3.63. The summed E-state index contributed by atoms with van der Waals surface area (Å²) >= 11 is 6.10. The third kappa shape index (κ3) is 4.51. The minimum Gasteiger partial charge on any atom is -0.492 e. The highest BCUT2D eigenvalue weighted by molar-refractivity contribution is 6.32. The van der Waals surface area contributed by atoms with Crippen LogP contribution in [0.2, 0.25) is 5.02 Å². The number of ether oxygens (including phenoxy) is 2. The highest BCUT2D eigenvalue weighted by Gasteiger charge is 2.20. The van der Waals surface area contributed by atoms with E-state index in [0.717, 1.165) is 19.4 Å². The lowest BCUT2D eigenvalue weighted by molar-refractivity contribution is 0.0894. The first-order valence-corrected chi connectivity index (χ1v) is 7.54. The van der Waals surface area contributed by atoms with Crippen LogP contribution < -0.4 is 10.1 Å². The molecule has 1 heterocycles. The minimum atomic E-state index is -0.175. The van der Waals surface area contributed by atoms with Gasteiger partial charge in [-0.05, 0) is 38.0 Å². The smallest absolute Gasteiger partial charge is 0.321 e. The van der Waals surface area contributed by atoms with Crippen LogP contribution in [0.25, 0.3) is 0 Å². The highest BCUT2D eigenvalue weighted by atomic mass is 35.5. The molecule has 0 bridgehead atoms. The zero-order chi connectivity index (χ0) is 15.2. The van der Waals surface area contributed by atoms with E-state index in [4.69, 9.17) is 21.1 Å². The molecule has 0 saturated carbocycles. The van der Waals surface area contributed by atoms with E-state index in [1.165, 1.54) is 0 Å². The Labute approximate surface area is 130 Å². The molecule has 1 N–H and O–H groups in total. The van der Waals surface area contributed by atoms with Crippen LogP contribution in [0, 0.1) is 0 Å². The summed E-state index contributed by atoms with van der Waals surface area (Å²) in [5, 5.41) is 3.30. The second-order valence-corrected chi connectivity index (χ2v) is 5.43. The van der Waals surface area contributed by atoms with Crippen LogP contribution in [-0.2, 0) is 4.74 Å².